The van der Waals surface area contributed by atoms with Crippen LogP contribution in [0.1, 0.15) is 32.3 Å². The van der Waals surface area contributed by atoms with Crippen molar-refractivity contribution in [1.82, 2.24) is 5.32 Å². The molecule has 0 bridgehead atoms. The Morgan fingerprint density at radius 3 is 2.68 bits per heavy atom. The molecule has 1 heterocycles. The van der Waals surface area contributed by atoms with Crippen molar-refractivity contribution >= 4 is 5.69 Å². The van der Waals surface area contributed by atoms with Gasteiger partial charge >= 0.3 is 0 Å². The van der Waals surface area contributed by atoms with Crippen LogP contribution in [0.4, 0.5) is 5.69 Å². The molecule has 0 aliphatic carbocycles. The lowest BCUT2D eigenvalue weighted by Gasteiger charge is -2.25. The average molecular weight is 262 g/mol. The van der Waals surface area contributed by atoms with Gasteiger partial charge in [-0.25, -0.2) is 0 Å². The van der Waals surface area contributed by atoms with Gasteiger partial charge in [0.15, 0.2) is 0 Å². The molecule has 0 aromatic heterocycles. The smallest absolute Gasteiger partial charge is 0.0635 e. The van der Waals surface area contributed by atoms with Gasteiger partial charge in [-0.15, -0.1) is 0 Å². The molecule has 0 amide bonds. The van der Waals surface area contributed by atoms with Crippen molar-refractivity contribution < 1.29 is 5.11 Å². The molecule has 106 valence electrons. The molecule has 1 fully saturated rings. The van der Waals surface area contributed by atoms with Gasteiger partial charge < -0.3 is 15.3 Å². The molecule has 0 radical (unpaired) electrons. The van der Waals surface area contributed by atoms with E-state index >= 15 is 0 Å². The van der Waals surface area contributed by atoms with Crippen molar-refractivity contribution in [2.24, 2.45) is 5.92 Å². The Bertz CT molecular complexity index is 375. The van der Waals surface area contributed by atoms with E-state index in [0.29, 0.717) is 12.0 Å². The summed E-state index contributed by atoms with van der Waals surface area (Å²) in [7, 11) is 0. The van der Waals surface area contributed by atoms with Gasteiger partial charge in [-0.05, 0) is 43.0 Å². The summed E-state index contributed by atoms with van der Waals surface area (Å²) in [5.41, 5.74) is 2.56. The molecule has 19 heavy (non-hydrogen) atoms. The van der Waals surface area contributed by atoms with Crippen LogP contribution in [0.5, 0.6) is 0 Å². The minimum absolute atomic E-state index is 0.262. The van der Waals surface area contributed by atoms with Gasteiger partial charge in [0, 0.05) is 18.8 Å². The molecular formula is C16H26N2O. The highest BCUT2D eigenvalue weighted by molar-refractivity contribution is 5.49. The van der Waals surface area contributed by atoms with Crippen molar-refractivity contribution in [3.63, 3.8) is 0 Å². The van der Waals surface area contributed by atoms with Crippen LogP contribution in [0.15, 0.2) is 24.3 Å². The molecule has 1 aliphatic heterocycles. The van der Waals surface area contributed by atoms with Crippen LogP contribution >= 0.6 is 0 Å². The SMILES string of the molecule is CC(C)CNCc1ccc(N2CCCC2CO)cc1. The zero-order chi connectivity index (χ0) is 13.7. The Morgan fingerprint density at radius 1 is 1.32 bits per heavy atom. The Morgan fingerprint density at radius 2 is 2.05 bits per heavy atom. The molecule has 1 saturated heterocycles. The van der Waals surface area contributed by atoms with Crippen molar-refractivity contribution in [2.45, 2.75) is 39.3 Å². The van der Waals surface area contributed by atoms with E-state index < -0.39 is 0 Å². The summed E-state index contributed by atoms with van der Waals surface area (Å²) in [6, 6.07) is 9.05. The number of hydrogen-bond acceptors (Lipinski definition) is 3. The Kier molecular flexibility index (Phi) is 5.23. The van der Waals surface area contributed by atoms with Gasteiger partial charge in [0.2, 0.25) is 0 Å². The second-order valence-corrected chi connectivity index (χ2v) is 5.86. The zero-order valence-electron chi connectivity index (χ0n) is 12.1. The standard InChI is InChI=1S/C16H26N2O/c1-13(2)10-17-11-14-5-7-15(8-6-14)18-9-3-4-16(18)12-19/h5-8,13,16-17,19H,3-4,9-12H2,1-2H3. The lowest BCUT2D eigenvalue weighted by Crippen LogP contribution is -2.31. The van der Waals surface area contributed by atoms with Gasteiger partial charge in [-0.3, -0.25) is 0 Å². The summed E-state index contributed by atoms with van der Waals surface area (Å²) in [6.45, 7) is 7.76. The summed E-state index contributed by atoms with van der Waals surface area (Å²) < 4.78 is 0. The first-order chi connectivity index (χ1) is 9.20. The summed E-state index contributed by atoms with van der Waals surface area (Å²) in [4.78, 5) is 2.32. The normalized spacial score (nSPS) is 19.4. The summed E-state index contributed by atoms with van der Waals surface area (Å²) in [5.74, 6) is 0.689. The van der Waals surface area contributed by atoms with Crippen molar-refractivity contribution in [3.8, 4) is 0 Å². The molecular weight excluding hydrogens is 236 g/mol. The van der Waals surface area contributed by atoms with Crippen molar-refractivity contribution in [1.29, 1.82) is 0 Å². The zero-order valence-corrected chi connectivity index (χ0v) is 12.1. The van der Waals surface area contributed by atoms with E-state index in [1.165, 1.54) is 17.7 Å². The predicted octanol–water partition coefficient (Wildman–Crippen LogP) is 2.39. The van der Waals surface area contributed by atoms with Crippen LogP contribution in [0.3, 0.4) is 0 Å². The number of nitrogens with one attached hydrogen (secondary N) is 1. The Balaban J connectivity index is 1.91. The fourth-order valence-corrected chi connectivity index (χ4v) is 2.68. The molecule has 2 rings (SSSR count). The van der Waals surface area contributed by atoms with Crippen molar-refractivity contribution in [3.05, 3.63) is 29.8 Å². The maximum atomic E-state index is 9.37. The van der Waals surface area contributed by atoms with Crippen LogP contribution in [0.2, 0.25) is 0 Å². The van der Waals surface area contributed by atoms with Gasteiger partial charge in [0.05, 0.1) is 12.6 Å². The first-order valence-corrected chi connectivity index (χ1v) is 7.38. The summed E-state index contributed by atoms with van der Waals surface area (Å²) in [5, 5.41) is 12.8. The number of nitrogens with zero attached hydrogens (tertiary/aromatic N) is 1. The van der Waals surface area contributed by atoms with Gasteiger partial charge in [-0.1, -0.05) is 26.0 Å². The quantitative estimate of drug-likeness (QED) is 0.826. The number of rotatable bonds is 6. The monoisotopic (exact) mass is 262 g/mol. The Hall–Kier alpha value is -1.06. The largest absolute Gasteiger partial charge is 0.394 e. The van der Waals surface area contributed by atoms with E-state index in [-0.39, 0.29) is 6.61 Å². The Labute approximate surface area is 116 Å². The third kappa shape index (κ3) is 3.95. The lowest BCUT2D eigenvalue weighted by atomic mass is 10.1. The number of anilines is 1. The van der Waals surface area contributed by atoms with Crippen LogP contribution in [-0.4, -0.2) is 30.8 Å². The fraction of sp³-hybridized carbons (Fsp3) is 0.625. The van der Waals surface area contributed by atoms with Crippen LogP contribution in [0, 0.1) is 5.92 Å². The second-order valence-electron chi connectivity index (χ2n) is 5.86. The van der Waals surface area contributed by atoms with Gasteiger partial charge in [-0.2, -0.15) is 0 Å². The summed E-state index contributed by atoms with van der Waals surface area (Å²) in [6.07, 6.45) is 2.29. The number of aliphatic hydroxyl groups is 1. The summed E-state index contributed by atoms with van der Waals surface area (Å²) >= 11 is 0. The van der Waals surface area contributed by atoms with E-state index in [2.05, 4.69) is 48.3 Å². The van der Waals surface area contributed by atoms with E-state index in [0.717, 1.165) is 26.1 Å². The highest BCUT2D eigenvalue weighted by Crippen LogP contribution is 2.25. The topological polar surface area (TPSA) is 35.5 Å². The molecule has 3 heteroatoms. The van der Waals surface area contributed by atoms with Gasteiger partial charge in [0.25, 0.3) is 0 Å². The lowest BCUT2D eigenvalue weighted by molar-refractivity contribution is 0.266. The highest BCUT2D eigenvalue weighted by Gasteiger charge is 2.23. The number of hydrogen-bond donors (Lipinski definition) is 2. The van der Waals surface area contributed by atoms with Crippen LogP contribution < -0.4 is 10.2 Å². The van der Waals surface area contributed by atoms with Crippen LogP contribution in [0.25, 0.3) is 0 Å². The molecule has 1 unspecified atom stereocenters. The molecule has 1 aromatic carbocycles. The molecule has 0 saturated carbocycles. The molecule has 1 aromatic rings. The van der Waals surface area contributed by atoms with Crippen LogP contribution in [-0.2, 0) is 6.54 Å². The molecule has 3 nitrogen and oxygen atoms in total. The highest BCUT2D eigenvalue weighted by atomic mass is 16.3. The van der Waals surface area contributed by atoms with Gasteiger partial charge in [0.1, 0.15) is 0 Å². The third-order valence-corrected chi connectivity index (χ3v) is 3.74. The van der Waals surface area contributed by atoms with E-state index in [4.69, 9.17) is 0 Å². The minimum atomic E-state index is 0.262. The van der Waals surface area contributed by atoms with E-state index in [1.54, 1.807) is 0 Å². The third-order valence-electron chi connectivity index (χ3n) is 3.74. The number of aliphatic hydroxyl groups excluding tert-OH is 1. The molecule has 2 N–H and O–H groups in total. The van der Waals surface area contributed by atoms with E-state index in [9.17, 15) is 5.11 Å². The van der Waals surface area contributed by atoms with E-state index in [1.807, 2.05) is 0 Å². The first-order valence-electron chi connectivity index (χ1n) is 7.38. The first kappa shape index (κ1) is 14.4. The maximum absolute atomic E-state index is 9.37. The molecule has 0 spiro atoms. The predicted molar refractivity (Wildman–Crippen MR) is 80.4 cm³/mol. The molecule has 1 aliphatic rings. The van der Waals surface area contributed by atoms with Crippen molar-refractivity contribution in [2.75, 3.05) is 24.6 Å². The second kappa shape index (κ2) is 6.92. The maximum Gasteiger partial charge on any atom is 0.0635 e. The average Bonchev–Trinajstić information content (AvgIpc) is 2.87. The number of benzene rings is 1. The molecule has 1 atom stereocenters. The fourth-order valence-electron chi connectivity index (χ4n) is 2.68. The minimum Gasteiger partial charge on any atom is -0.394 e.